The van der Waals surface area contributed by atoms with Gasteiger partial charge in [0.15, 0.2) is 5.00 Å². The summed E-state index contributed by atoms with van der Waals surface area (Å²) in [6, 6.07) is 17.2. The van der Waals surface area contributed by atoms with Crippen molar-refractivity contribution in [3.05, 3.63) is 70.8 Å². The third-order valence-electron chi connectivity index (χ3n) is 4.47. The van der Waals surface area contributed by atoms with E-state index in [1.165, 1.54) is 22.3 Å². The summed E-state index contributed by atoms with van der Waals surface area (Å²) < 4.78 is 0. The zero-order chi connectivity index (χ0) is 14.3. The van der Waals surface area contributed by atoms with Crippen molar-refractivity contribution < 1.29 is 0 Å². The van der Waals surface area contributed by atoms with E-state index in [0.717, 1.165) is 25.7 Å². The molecule has 0 fully saturated rings. The van der Waals surface area contributed by atoms with E-state index in [1.807, 2.05) is 0 Å². The summed E-state index contributed by atoms with van der Waals surface area (Å²) in [5, 5.41) is 9.09. The normalized spacial score (nSPS) is 19.9. The Kier molecular flexibility index (Phi) is 3.07. The van der Waals surface area contributed by atoms with E-state index >= 15 is 0 Å². The van der Waals surface area contributed by atoms with Crippen molar-refractivity contribution in [2.24, 2.45) is 10.2 Å². The molecule has 0 atom stereocenters. The van der Waals surface area contributed by atoms with Gasteiger partial charge in [0.25, 0.3) is 0 Å². The molecule has 2 aromatic carbocycles. The molecule has 0 saturated carbocycles. The van der Waals surface area contributed by atoms with Crippen LogP contribution in [0.25, 0.3) is 0 Å². The Morgan fingerprint density at radius 2 is 1.29 bits per heavy atom. The third kappa shape index (κ3) is 2.49. The Morgan fingerprint density at radius 1 is 0.810 bits per heavy atom. The van der Waals surface area contributed by atoms with Gasteiger partial charge in [0, 0.05) is 12.8 Å². The van der Waals surface area contributed by atoms with Crippen molar-refractivity contribution in [2.75, 3.05) is 0 Å². The molecule has 4 rings (SSSR count). The first-order valence-electron chi connectivity index (χ1n) is 7.46. The van der Waals surface area contributed by atoms with Gasteiger partial charge in [0.1, 0.15) is 0 Å². The minimum absolute atomic E-state index is 0.252. The number of hydrogen-bond acceptors (Lipinski definition) is 2. The highest BCUT2D eigenvalue weighted by atomic mass is 35.5. The van der Waals surface area contributed by atoms with E-state index in [-0.39, 0.29) is 6.04 Å². The number of halogens is 1. The summed E-state index contributed by atoms with van der Waals surface area (Å²) in [6.07, 6.45) is 3.54. The first-order chi connectivity index (χ1) is 10.2. The molecule has 0 spiro atoms. The molecule has 106 valence electrons. The van der Waals surface area contributed by atoms with E-state index < -0.39 is 5.00 Å². The van der Waals surface area contributed by atoms with Crippen molar-refractivity contribution in [1.29, 1.82) is 0 Å². The lowest BCUT2D eigenvalue weighted by Gasteiger charge is -2.14. The predicted octanol–water partition coefficient (Wildman–Crippen LogP) is 4.34. The lowest BCUT2D eigenvalue weighted by molar-refractivity contribution is 0.553. The van der Waals surface area contributed by atoms with Gasteiger partial charge in [0.2, 0.25) is 0 Å². The molecule has 0 aromatic heterocycles. The number of hydrogen-bond donors (Lipinski definition) is 0. The van der Waals surface area contributed by atoms with Gasteiger partial charge in [-0.1, -0.05) is 60.1 Å². The minimum Gasteiger partial charge on any atom is -0.188 e. The van der Waals surface area contributed by atoms with Crippen LogP contribution in [0.2, 0.25) is 0 Å². The van der Waals surface area contributed by atoms with E-state index in [2.05, 4.69) is 58.8 Å². The molecule has 0 aliphatic heterocycles. The predicted molar refractivity (Wildman–Crippen MR) is 84.9 cm³/mol. The molecule has 2 aliphatic carbocycles. The zero-order valence-electron chi connectivity index (χ0n) is 11.8. The summed E-state index contributed by atoms with van der Waals surface area (Å²) in [7, 11) is 0. The fraction of sp³-hybridized carbons (Fsp3) is 0.333. The fourth-order valence-corrected chi connectivity index (χ4v) is 3.75. The van der Waals surface area contributed by atoms with Gasteiger partial charge in [-0.2, -0.15) is 10.2 Å². The highest BCUT2D eigenvalue weighted by molar-refractivity contribution is 6.24. The number of rotatable bonds is 2. The molecular formula is C18H17ClN2. The Morgan fingerprint density at radius 3 is 1.81 bits per heavy atom. The van der Waals surface area contributed by atoms with Gasteiger partial charge in [0.05, 0.1) is 6.04 Å². The van der Waals surface area contributed by atoms with Crippen LogP contribution in [-0.2, 0) is 25.7 Å². The second-order valence-electron chi connectivity index (χ2n) is 6.09. The van der Waals surface area contributed by atoms with Gasteiger partial charge in [-0.05, 0) is 35.1 Å². The Labute approximate surface area is 129 Å². The third-order valence-corrected chi connectivity index (χ3v) is 4.81. The van der Waals surface area contributed by atoms with Crippen LogP contribution in [0.1, 0.15) is 22.3 Å². The molecule has 0 N–H and O–H groups in total. The van der Waals surface area contributed by atoms with Crippen molar-refractivity contribution in [1.82, 2.24) is 0 Å². The van der Waals surface area contributed by atoms with Crippen molar-refractivity contribution in [3.63, 3.8) is 0 Å². The maximum Gasteiger partial charge on any atom is 0.162 e. The van der Waals surface area contributed by atoms with Gasteiger partial charge >= 0.3 is 0 Å². The molecule has 2 aliphatic rings. The van der Waals surface area contributed by atoms with Crippen LogP contribution in [0.5, 0.6) is 0 Å². The molecule has 0 heterocycles. The number of benzene rings is 2. The molecule has 21 heavy (non-hydrogen) atoms. The molecule has 0 amide bonds. The molecule has 3 heteroatoms. The molecule has 0 unspecified atom stereocenters. The maximum absolute atomic E-state index is 6.67. The molecule has 0 radical (unpaired) electrons. The van der Waals surface area contributed by atoms with Crippen LogP contribution in [0.3, 0.4) is 0 Å². The van der Waals surface area contributed by atoms with Gasteiger partial charge < -0.3 is 0 Å². The lowest BCUT2D eigenvalue weighted by atomic mass is 10.1. The van der Waals surface area contributed by atoms with Crippen LogP contribution in [-0.4, -0.2) is 11.0 Å². The average molecular weight is 297 g/mol. The molecule has 2 nitrogen and oxygen atoms in total. The summed E-state index contributed by atoms with van der Waals surface area (Å²) in [6.45, 7) is 0. The van der Waals surface area contributed by atoms with E-state index in [4.69, 9.17) is 11.6 Å². The van der Waals surface area contributed by atoms with E-state index in [9.17, 15) is 0 Å². The minimum atomic E-state index is -0.571. The smallest absolute Gasteiger partial charge is 0.162 e. The van der Waals surface area contributed by atoms with E-state index in [0.29, 0.717) is 0 Å². The first-order valence-corrected chi connectivity index (χ1v) is 7.84. The zero-order valence-corrected chi connectivity index (χ0v) is 12.6. The fourth-order valence-electron chi connectivity index (χ4n) is 3.42. The lowest BCUT2D eigenvalue weighted by Crippen LogP contribution is -2.19. The molecule has 0 saturated heterocycles. The van der Waals surface area contributed by atoms with Crippen molar-refractivity contribution >= 4 is 11.6 Å². The highest BCUT2D eigenvalue weighted by Crippen LogP contribution is 2.37. The summed E-state index contributed by atoms with van der Waals surface area (Å²) >= 11 is 6.67. The number of nitrogens with zero attached hydrogens (tertiary/aromatic N) is 2. The number of azo groups is 1. The summed E-state index contributed by atoms with van der Waals surface area (Å²) in [5.41, 5.74) is 5.42. The van der Waals surface area contributed by atoms with Gasteiger partial charge in [-0.15, -0.1) is 0 Å². The molecule has 0 bridgehead atoms. The Bertz CT molecular complexity index is 658. The SMILES string of the molecule is ClC1(/N=N/C2Cc3ccccc3C2)Cc2ccccc2C1. The first kappa shape index (κ1) is 13.0. The second-order valence-corrected chi connectivity index (χ2v) is 6.79. The van der Waals surface area contributed by atoms with E-state index in [1.54, 1.807) is 0 Å². The average Bonchev–Trinajstić information content (AvgIpc) is 3.04. The van der Waals surface area contributed by atoms with Gasteiger partial charge in [-0.25, -0.2) is 0 Å². The summed E-state index contributed by atoms with van der Waals surface area (Å²) in [5.74, 6) is 0. The highest BCUT2D eigenvalue weighted by Gasteiger charge is 2.35. The van der Waals surface area contributed by atoms with Crippen LogP contribution in [0.4, 0.5) is 0 Å². The Balaban J connectivity index is 1.48. The van der Waals surface area contributed by atoms with Crippen LogP contribution in [0, 0.1) is 0 Å². The topological polar surface area (TPSA) is 24.7 Å². The van der Waals surface area contributed by atoms with Crippen LogP contribution in [0.15, 0.2) is 58.8 Å². The summed E-state index contributed by atoms with van der Waals surface area (Å²) in [4.78, 5) is -0.571. The number of fused-ring (bicyclic) bond motifs is 2. The standard InChI is InChI=1S/C18H17ClN2/c19-18(11-15-7-3-4-8-16(15)12-18)21-20-17-9-13-5-1-2-6-14(13)10-17/h1-8,17H,9-12H2/b21-20+. The maximum atomic E-state index is 6.67. The van der Waals surface area contributed by atoms with Crippen LogP contribution < -0.4 is 0 Å². The largest absolute Gasteiger partial charge is 0.188 e. The second kappa shape index (κ2) is 4.96. The monoisotopic (exact) mass is 296 g/mol. The van der Waals surface area contributed by atoms with Gasteiger partial charge in [-0.3, -0.25) is 0 Å². The van der Waals surface area contributed by atoms with Crippen LogP contribution >= 0.6 is 11.6 Å². The molecule has 2 aromatic rings. The number of alkyl halides is 1. The Hall–Kier alpha value is -1.67. The van der Waals surface area contributed by atoms with Crippen molar-refractivity contribution in [2.45, 2.75) is 36.7 Å². The van der Waals surface area contributed by atoms with Crippen molar-refractivity contribution in [3.8, 4) is 0 Å². The quantitative estimate of drug-likeness (QED) is 0.447. The molecular weight excluding hydrogens is 280 g/mol.